The van der Waals surface area contributed by atoms with Gasteiger partial charge in [-0.3, -0.25) is 13.6 Å². The molecule has 0 atom stereocenters. The van der Waals surface area contributed by atoms with Crippen molar-refractivity contribution in [2.75, 3.05) is 23.8 Å². The van der Waals surface area contributed by atoms with Gasteiger partial charge in [0.2, 0.25) is 5.95 Å². The summed E-state index contributed by atoms with van der Waals surface area (Å²) in [7, 11) is -3.75. The molecule has 3 rings (SSSR count). The van der Waals surface area contributed by atoms with Gasteiger partial charge in [-0.25, -0.2) is 9.55 Å². The fourth-order valence-corrected chi connectivity index (χ4v) is 4.72. The molecule has 0 bridgehead atoms. The molecule has 38 heavy (non-hydrogen) atoms. The van der Waals surface area contributed by atoms with Gasteiger partial charge in [0.05, 0.1) is 36.6 Å². The highest BCUT2D eigenvalue weighted by Gasteiger charge is 2.26. The summed E-state index contributed by atoms with van der Waals surface area (Å²) in [5, 5.41) is 24.4. The molecule has 0 aliphatic carbocycles. The second kappa shape index (κ2) is 13.5. The Morgan fingerprint density at radius 2 is 1.61 bits per heavy atom. The van der Waals surface area contributed by atoms with Crippen molar-refractivity contribution in [1.82, 2.24) is 9.97 Å². The van der Waals surface area contributed by atoms with Gasteiger partial charge in [-0.05, 0) is 86.9 Å². The fourth-order valence-electron chi connectivity index (χ4n) is 3.57. The summed E-state index contributed by atoms with van der Waals surface area (Å²) < 4.78 is 28.8. The number of anilines is 4. The van der Waals surface area contributed by atoms with Crippen LogP contribution in [0, 0.1) is 36.5 Å². The Hall–Kier alpha value is -4.05. The van der Waals surface area contributed by atoms with Crippen LogP contribution in [0.5, 0.6) is 0 Å². The number of aryl methyl sites for hydroxylation is 2. The Kier molecular flexibility index (Phi) is 10.1. The highest BCUT2D eigenvalue weighted by molar-refractivity contribution is 7.48. The fraction of sp³-hybridized carbons (Fsp3) is 0.259. The molecule has 3 aromatic rings. The number of aromatic nitrogens is 2. The molecule has 11 heteroatoms. The van der Waals surface area contributed by atoms with Gasteiger partial charge in [-0.1, -0.05) is 0 Å². The molecule has 0 saturated heterocycles. The van der Waals surface area contributed by atoms with Crippen LogP contribution in [0.4, 0.5) is 23.1 Å². The number of benzene rings is 2. The largest absolute Gasteiger partial charge is 0.475 e. The van der Waals surface area contributed by atoms with Gasteiger partial charge in [0.15, 0.2) is 0 Å². The van der Waals surface area contributed by atoms with Gasteiger partial charge in [0.1, 0.15) is 12.4 Å². The van der Waals surface area contributed by atoms with Crippen LogP contribution < -0.4 is 10.6 Å². The molecule has 0 radical (unpaired) electrons. The van der Waals surface area contributed by atoms with Crippen molar-refractivity contribution < 1.29 is 18.1 Å². The Morgan fingerprint density at radius 1 is 0.947 bits per heavy atom. The number of phosphoric ester groups is 1. The number of rotatable bonds is 12. The Bertz CT molecular complexity index is 1390. The number of phosphoric acid groups is 1. The quantitative estimate of drug-likeness (QED) is 0.191. The summed E-state index contributed by atoms with van der Waals surface area (Å²) in [5.74, 6) is 0.744. The third kappa shape index (κ3) is 7.97. The Balaban J connectivity index is 1.95. The molecule has 2 aromatic carbocycles. The molecule has 0 fully saturated rings. The van der Waals surface area contributed by atoms with Crippen molar-refractivity contribution in [2.24, 2.45) is 0 Å². The Morgan fingerprint density at radius 3 is 2.18 bits per heavy atom. The lowest BCUT2D eigenvalue weighted by molar-refractivity contribution is 0.115. The lowest BCUT2D eigenvalue weighted by Gasteiger charge is -2.18. The lowest BCUT2D eigenvalue weighted by atomic mass is 10.0. The van der Waals surface area contributed by atoms with E-state index in [1.54, 1.807) is 50.3 Å². The van der Waals surface area contributed by atoms with E-state index in [-0.39, 0.29) is 25.8 Å². The first-order valence-electron chi connectivity index (χ1n) is 11.9. The van der Waals surface area contributed by atoms with Crippen molar-refractivity contribution in [3.05, 3.63) is 76.5 Å². The van der Waals surface area contributed by atoms with Gasteiger partial charge in [0.25, 0.3) is 0 Å². The predicted molar refractivity (Wildman–Crippen MR) is 146 cm³/mol. The smallest absolute Gasteiger partial charge is 0.340 e. The molecule has 1 heterocycles. The Labute approximate surface area is 222 Å². The molecule has 10 nitrogen and oxygen atoms in total. The maximum Gasteiger partial charge on any atom is 0.475 e. The van der Waals surface area contributed by atoms with Crippen molar-refractivity contribution in [3.63, 3.8) is 0 Å². The SMILES string of the molecule is CCOP(=O)(OCC)OCc1cc(Nc2c(C)cc(C=CC#N)cc2C)nc(Nc2ccc(C#N)cc2)n1. The summed E-state index contributed by atoms with van der Waals surface area (Å²) >= 11 is 0. The number of hydrogen-bond acceptors (Lipinski definition) is 10. The highest BCUT2D eigenvalue weighted by Crippen LogP contribution is 2.49. The number of nitriles is 2. The number of allylic oxidation sites excluding steroid dienone is 1. The van der Waals surface area contributed by atoms with Crippen LogP contribution in [0.1, 0.15) is 41.8 Å². The van der Waals surface area contributed by atoms with Gasteiger partial charge in [-0.2, -0.15) is 15.5 Å². The van der Waals surface area contributed by atoms with Gasteiger partial charge >= 0.3 is 7.82 Å². The predicted octanol–water partition coefficient (Wildman–Crippen LogP) is 6.69. The molecule has 0 saturated carbocycles. The second-order valence-electron chi connectivity index (χ2n) is 8.06. The summed E-state index contributed by atoms with van der Waals surface area (Å²) in [6.45, 7) is 7.50. The van der Waals surface area contributed by atoms with Crippen molar-refractivity contribution in [2.45, 2.75) is 34.3 Å². The van der Waals surface area contributed by atoms with E-state index in [1.165, 1.54) is 6.08 Å². The standard InChI is InChI=1S/C27H29N6O4P/c1-5-35-38(34,36-6-2)37-18-24-16-25(32-26-19(3)14-22(8-7-13-28)15-20(26)4)33-27(31-24)30-23-11-9-21(17-29)10-12-23/h7-12,14-16H,5-6,18H2,1-4H3,(H2,30,31,32,33). The van der Waals surface area contributed by atoms with Crippen LogP contribution in [0.3, 0.4) is 0 Å². The minimum Gasteiger partial charge on any atom is -0.340 e. The van der Waals surface area contributed by atoms with Crippen LogP contribution in [0.15, 0.2) is 48.5 Å². The zero-order chi connectivity index (χ0) is 27.5. The van der Waals surface area contributed by atoms with Crippen molar-refractivity contribution >= 4 is 37.0 Å². The van der Waals surface area contributed by atoms with E-state index in [0.717, 1.165) is 22.4 Å². The summed E-state index contributed by atoms with van der Waals surface area (Å²) in [6.07, 6.45) is 3.18. The molecular formula is C27H29N6O4P. The molecular weight excluding hydrogens is 503 g/mol. The maximum absolute atomic E-state index is 12.8. The second-order valence-corrected chi connectivity index (χ2v) is 9.72. The van der Waals surface area contributed by atoms with E-state index < -0.39 is 7.82 Å². The maximum atomic E-state index is 12.8. The average Bonchev–Trinajstić information content (AvgIpc) is 2.89. The number of nitrogens with zero attached hydrogens (tertiary/aromatic N) is 4. The van der Waals surface area contributed by atoms with E-state index in [0.29, 0.717) is 22.8 Å². The van der Waals surface area contributed by atoms with Gasteiger partial charge in [-0.15, -0.1) is 0 Å². The van der Waals surface area contributed by atoms with Gasteiger partial charge < -0.3 is 10.6 Å². The van der Waals surface area contributed by atoms with E-state index in [1.807, 2.05) is 32.0 Å². The first kappa shape index (κ1) is 28.5. The lowest BCUT2D eigenvalue weighted by Crippen LogP contribution is -2.07. The van der Waals surface area contributed by atoms with Crippen LogP contribution in [0.25, 0.3) is 6.08 Å². The van der Waals surface area contributed by atoms with Crippen LogP contribution in [-0.2, 0) is 24.7 Å². The van der Waals surface area contributed by atoms with E-state index >= 15 is 0 Å². The third-order valence-electron chi connectivity index (χ3n) is 5.15. The average molecular weight is 533 g/mol. The van der Waals surface area contributed by atoms with E-state index in [4.69, 9.17) is 24.1 Å². The summed E-state index contributed by atoms with van der Waals surface area (Å²) in [5.41, 5.74) is 5.32. The number of nitrogens with one attached hydrogen (secondary N) is 2. The minimum atomic E-state index is -3.75. The van der Waals surface area contributed by atoms with E-state index in [9.17, 15) is 4.57 Å². The molecule has 0 aliphatic heterocycles. The zero-order valence-corrected chi connectivity index (χ0v) is 22.6. The summed E-state index contributed by atoms with van der Waals surface area (Å²) in [4.78, 5) is 9.10. The monoisotopic (exact) mass is 532 g/mol. The normalized spacial score (nSPS) is 11.2. The van der Waals surface area contributed by atoms with E-state index in [2.05, 4.69) is 26.7 Å². The molecule has 0 amide bonds. The molecule has 0 unspecified atom stereocenters. The zero-order valence-electron chi connectivity index (χ0n) is 21.7. The minimum absolute atomic E-state index is 0.146. The highest BCUT2D eigenvalue weighted by atomic mass is 31.2. The van der Waals surface area contributed by atoms with Crippen LogP contribution in [0.2, 0.25) is 0 Å². The molecule has 0 aliphatic rings. The first-order valence-corrected chi connectivity index (χ1v) is 13.4. The van der Waals surface area contributed by atoms with Crippen LogP contribution in [-0.4, -0.2) is 23.2 Å². The van der Waals surface area contributed by atoms with Crippen molar-refractivity contribution in [3.8, 4) is 12.1 Å². The number of hydrogen-bond donors (Lipinski definition) is 2. The van der Waals surface area contributed by atoms with Crippen molar-refractivity contribution in [1.29, 1.82) is 10.5 Å². The molecule has 2 N–H and O–H groups in total. The molecule has 1 aromatic heterocycles. The third-order valence-corrected chi connectivity index (χ3v) is 6.75. The topological polar surface area (TPSA) is 142 Å². The van der Waals surface area contributed by atoms with Gasteiger partial charge in [0, 0.05) is 23.5 Å². The molecule has 196 valence electrons. The molecule has 0 spiro atoms. The summed E-state index contributed by atoms with van der Waals surface area (Å²) in [6, 6.07) is 16.6. The first-order chi connectivity index (χ1) is 18.3. The van der Waals surface area contributed by atoms with Crippen LogP contribution >= 0.6 is 7.82 Å².